The lowest BCUT2D eigenvalue weighted by molar-refractivity contribution is -0.0465. The molecule has 2 aromatic rings. The van der Waals surface area contributed by atoms with Gasteiger partial charge in [0.15, 0.2) is 12.2 Å². The summed E-state index contributed by atoms with van der Waals surface area (Å²) in [5.74, 6) is 0.750. The Morgan fingerprint density at radius 3 is 2.77 bits per heavy atom. The Morgan fingerprint density at radius 1 is 1.36 bits per heavy atom. The van der Waals surface area contributed by atoms with Crippen molar-refractivity contribution in [3.05, 3.63) is 42.4 Å². The minimum Gasteiger partial charge on any atom is -0.444 e. The van der Waals surface area contributed by atoms with Gasteiger partial charge in [-0.15, -0.1) is 0 Å². The maximum atomic E-state index is 12.8. The first kappa shape index (κ1) is 14.8. The summed E-state index contributed by atoms with van der Waals surface area (Å²) in [5.41, 5.74) is 1.36. The molecule has 1 fully saturated rings. The molecule has 0 aliphatic carbocycles. The minimum atomic E-state index is -0.237. The van der Waals surface area contributed by atoms with Crippen molar-refractivity contribution in [2.24, 2.45) is 0 Å². The Labute approximate surface area is 129 Å². The van der Waals surface area contributed by atoms with Crippen LogP contribution in [0, 0.1) is 0 Å². The Balaban J connectivity index is 1.82. The fourth-order valence-corrected chi connectivity index (χ4v) is 2.73. The van der Waals surface area contributed by atoms with Crippen molar-refractivity contribution in [1.82, 2.24) is 9.88 Å². The lowest BCUT2D eigenvalue weighted by Gasteiger charge is -2.44. The lowest BCUT2D eigenvalue weighted by Crippen LogP contribution is -2.57. The standard InChI is InChI=1S/C17H20N2O3/c1-3-17(2)11-21-9-8-19(17)16(20)14-6-4-13(5-7-14)15-10-18-12-22-15/h4-7,10,12H,3,8-9,11H2,1-2H3. The molecule has 0 spiro atoms. The van der Waals surface area contributed by atoms with Crippen LogP contribution in [0.4, 0.5) is 0 Å². The number of aromatic nitrogens is 1. The average molecular weight is 300 g/mol. The van der Waals surface area contributed by atoms with Crippen molar-refractivity contribution in [1.29, 1.82) is 0 Å². The van der Waals surface area contributed by atoms with Gasteiger partial charge >= 0.3 is 0 Å². The van der Waals surface area contributed by atoms with Crippen molar-refractivity contribution in [2.75, 3.05) is 19.8 Å². The fraction of sp³-hybridized carbons (Fsp3) is 0.412. The van der Waals surface area contributed by atoms with E-state index in [-0.39, 0.29) is 11.4 Å². The largest absolute Gasteiger partial charge is 0.444 e. The van der Waals surface area contributed by atoms with Gasteiger partial charge in [-0.25, -0.2) is 4.98 Å². The molecule has 0 bridgehead atoms. The van der Waals surface area contributed by atoms with Crippen LogP contribution in [0.15, 0.2) is 41.3 Å². The Morgan fingerprint density at radius 2 is 2.14 bits per heavy atom. The van der Waals surface area contributed by atoms with E-state index in [0.29, 0.717) is 31.1 Å². The molecular weight excluding hydrogens is 280 g/mol. The third-order valence-corrected chi connectivity index (χ3v) is 4.38. The zero-order valence-corrected chi connectivity index (χ0v) is 12.9. The SMILES string of the molecule is CCC1(C)COCCN1C(=O)c1ccc(-c2cnco2)cc1. The molecule has 1 unspecified atom stereocenters. The number of ether oxygens (including phenoxy) is 1. The second-order valence-corrected chi connectivity index (χ2v) is 5.80. The molecular formula is C17H20N2O3. The van der Waals surface area contributed by atoms with Crippen LogP contribution in [0.5, 0.6) is 0 Å². The van der Waals surface area contributed by atoms with Crippen LogP contribution in [0.1, 0.15) is 30.6 Å². The summed E-state index contributed by atoms with van der Waals surface area (Å²) in [7, 11) is 0. The number of nitrogens with zero attached hydrogens (tertiary/aromatic N) is 2. The fourth-order valence-electron chi connectivity index (χ4n) is 2.73. The molecule has 5 nitrogen and oxygen atoms in total. The zero-order valence-electron chi connectivity index (χ0n) is 12.9. The van der Waals surface area contributed by atoms with Crippen LogP contribution in [0.2, 0.25) is 0 Å². The number of morpholine rings is 1. The molecule has 0 N–H and O–H groups in total. The molecule has 0 saturated carbocycles. The quantitative estimate of drug-likeness (QED) is 0.874. The van der Waals surface area contributed by atoms with E-state index in [1.165, 1.54) is 6.39 Å². The highest BCUT2D eigenvalue weighted by atomic mass is 16.5. The van der Waals surface area contributed by atoms with Gasteiger partial charge in [-0.05, 0) is 25.5 Å². The van der Waals surface area contributed by atoms with Gasteiger partial charge in [-0.3, -0.25) is 4.79 Å². The number of benzene rings is 1. The molecule has 1 atom stereocenters. The topological polar surface area (TPSA) is 55.6 Å². The number of hydrogen-bond donors (Lipinski definition) is 0. The monoisotopic (exact) mass is 300 g/mol. The third kappa shape index (κ3) is 2.64. The van der Waals surface area contributed by atoms with Gasteiger partial charge in [0.2, 0.25) is 0 Å². The smallest absolute Gasteiger partial charge is 0.254 e. The van der Waals surface area contributed by atoms with Gasteiger partial charge in [0, 0.05) is 17.7 Å². The van der Waals surface area contributed by atoms with Crippen LogP contribution in [0.25, 0.3) is 11.3 Å². The van der Waals surface area contributed by atoms with E-state index in [0.717, 1.165) is 12.0 Å². The van der Waals surface area contributed by atoms with E-state index in [4.69, 9.17) is 9.15 Å². The molecule has 3 rings (SSSR count). The number of carbonyl (C=O) groups is 1. The summed E-state index contributed by atoms with van der Waals surface area (Å²) in [4.78, 5) is 18.6. The summed E-state index contributed by atoms with van der Waals surface area (Å²) < 4.78 is 10.8. The van der Waals surface area contributed by atoms with Crippen LogP contribution in [-0.2, 0) is 4.74 Å². The van der Waals surface area contributed by atoms with E-state index < -0.39 is 0 Å². The van der Waals surface area contributed by atoms with E-state index in [1.807, 2.05) is 29.2 Å². The first-order valence-electron chi connectivity index (χ1n) is 7.53. The maximum absolute atomic E-state index is 12.8. The molecule has 1 aromatic heterocycles. The predicted molar refractivity (Wildman–Crippen MR) is 82.5 cm³/mol. The molecule has 2 heterocycles. The highest BCUT2D eigenvalue weighted by molar-refractivity contribution is 5.95. The number of carbonyl (C=O) groups excluding carboxylic acids is 1. The van der Waals surface area contributed by atoms with E-state index in [2.05, 4.69) is 18.8 Å². The van der Waals surface area contributed by atoms with Crippen molar-refractivity contribution in [3.63, 3.8) is 0 Å². The minimum absolute atomic E-state index is 0.0526. The summed E-state index contributed by atoms with van der Waals surface area (Å²) in [6, 6.07) is 7.45. The lowest BCUT2D eigenvalue weighted by atomic mass is 9.95. The third-order valence-electron chi connectivity index (χ3n) is 4.38. The molecule has 1 aliphatic heterocycles. The van der Waals surface area contributed by atoms with E-state index in [9.17, 15) is 4.79 Å². The Kier molecular flexibility index (Phi) is 3.98. The average Bonchev–Trinajstić information content (AvgIpc) is 3.09. The van der Waals surface area contributed by atoms with Gasteiger partial charge in [-0.2, -0.15) is 0 Å². The van der Waals surface area contributed by atoms with Gasteiger partial charge in [-0.1, -0.05) is 19.1 Å². The number of rotatable bonds is 3. The molecule has 22 heavy (non-hydrogen) atoms. The van der Waals surface area contributed by atoms with Crippen molar-refractivity contribution < 1.29 is 13.9 Å². The predicted octanol–water partition coefficient (Wildman–Crippen LogP) is 2.98. The summed E-state index contributed by atoms with van der Waals surface area (Å²) in [5, 5.41) is 0. The highest BCUT2D eigenvalue weighted by Crippen LogP contribution is 2.26. The molecule has 1 aromatic carbocycles. The Bertz CT molecular complexity index is 636. The molecule has 0 radical (unpaired) electrons. The van der Waals surface area contributed by atoms with Gasteiger partial charge in [0.1, 0.15) is 0 Å². The number of hydrogen-bond acceptors (Lipinski definition) is 4. The first-order valence-corrected chi connectivity index (χ1v) is 7.53. The van der Waals surface area contributed by atoms with E-state index in [1.54, 1.807) is 6.20 Å². The molecule has 116 valence electrons. The molecule has 1 aliphatic rings. The molecule has 1 saturated heterocycles. The Hall–Kier alpha value is -2.14. The molecule has 5 heteroatoms. The van der Waals surface area contributed by atoms with Crippen LogP contribution in [-0.4, -0.2) is 41.1 Å². The van der Waals surface area contributed by atoms with Crippen molar-refractivity contribution in [3.8, 4) is 11.3 Å². The second kappa shape index (κ2) is 5.93. The highest BCUT2D eigenvalue weighted by Gasteiger charge is 2.37. The summed E-state index contributed by atoms with van der Waals surface area (Å²) in [6.07, 6.45) is 3.93. The van der Waals surface area contributed by atoms with Gasteiger partial charge in [0.05, 0.1) is 24.9 Å². The molecule has 1 amide bonds. The number of amides is 1. The van der Waals surface area contributed by atoms with Crippen LogP contribution >= 0.6 is 0 Å². The van der Waals surface area contributed by atoms with Gasteiger partial charge in [0.25, 0.3) is 5.91 Å². The van der Waals surface area contributed by atoms with Crippen LogP contribution in [0.3, 0.4) is 0 Å². The number of oxazole rings is 1. The second-order valence-electron chi connectivity index (χ2n) is 5.80. The van der Waals surface area contributed by atoms with Gasteiger partial charge < -0.3 is 14.1 Å². The van der Waals surface area contributed by atoms with Crippen molar-refractivity contribution in [2.45, 2.75) is 25.8 Å². The van der Waals surface area contributed by atoms with E-state index >= 15 is 0 Å². The first-order chi connectivity index (χ1) is 10.6. The summed E-state index contributed by atoms with van der Waals surface area (Å²) in [6.45, 7) is 5.98. The zero-order chi connectivity index (χ0) is 15.6. The summed E-state index contributed by atoms with van der Waals surface area (Å²) >= 11 is 0. The maximum Gasteiger partial charge on any atom is 0.254 e. The van der Waals surface area contributed by atoms with Crippen molar-refractivity contribution >= 4 is 5.91 Å². The normalized spacial score (nSPS) is 21.8. The van der Waals surface area contributed by atoms with Crippen LogP contribution < -0.4 is 0 Å².